The zero-order valence-corrected chi connectivity index (χ0v) is 26.9. The highest BCUT2D eigenvalue weighted by atomic mass is 16.7. The van der Waals surface area contributed by atoms with Gasteiger partial charge in [-0.15, -0.1) is 5.06 Å². The smallest absolute Gasteiger partial charge is 0.333 e. The van der Waals surface area contributed by atoms with Gasteiger partial charge in [0, 0.05) is 45.4 Å². The fourth-order valence-corrected chi connectivity index (χ4v) is 5.04. The van der Waals surface area contributed by atoms with Crippen LogP contribution in [0.3, 0.4) is 0 Å². The van der Waals surface area contributed by atoms with Crippen LogP contribution in [0.2, 0.25) is 0 Å². The van der Waals surface area contributed by atoms with Crippen LogP contribution in [0.1, 0.15) is 57.8 Å². The lowest BCUT2D eigenvalue weighted by atomic mass is 9.99. The van der Waals surface area contributed by atoms with Crippen LogP contribution in [0.25, 0.3) is 0 Å². The van der Waals surface area contributed by atoms with Crippen molar-refractivity contribution in [3.63, 3.8) is 0 Å². The highest BCUT2D eigenvalue weighted by Gasteiger charge is 2.44. The Kier molecular flexibility index (Phi) is 16.7. The molecule has 0 aliphatic carbocycles. The Balaban J connectivity index is 1.45. The molecule has 8 atom stereocenters. The Morgan fingerprint density at radius 2 is 1.51 bits per heavy atom. The fourth-order valence-electron chi connectivity index (χ4n) is 5.04. The summed E-state index contributed by atoms with van der Waals surface area (Å²) in [4.78, 5) is 78.3. The molecule has 0 bridgehead atoms. The molecule has 0 spiro atoms. The molecule has 3 aliphatic rings. The first-order chi connectivity index (χ1) is 23.4. The largest absolute Gasteiger partial charge is 0.394 e. The third-order valence-corrected chi connectivity index (χ3v) is 7.75. The molecule has 278 valence electrons. The van der Waals surface area contributed by atoms with E-state index in [2.05, 4.69) is 16.0 Å². The molecule has 3 saturated heterocycles. The van der Waals surface area contributed by atoms with Gasteiger partial charge in [0.2, 0.25) is 17.7 Å². The second-order valence-corrected chi connectivity index (χ2v) is 11.6. The molecule has 0 aromatic heterocycles. The fraction of sp³-hybridized carbons (Fsp3) is 0.793. The predicted molar refractivity (Wildman–Crippen MR) is 159 cm³/mol. The number of unbranched alkanes of at least 4 members (excludes halogenated alkanes) is 1. The summed E-state index contributed by atoms with van der Waals surface area (Å²) < 4.78 is 21.4. The Bertz CT molecular complexity index is 1130. The number of carbonyl (C=O) groups is 6. The molecule has 3 rings (SSSR count). The summed E-state index contributed by atoms with van der Waals surface area (Å²) in [7, 11) is 0. The van der Waals surface area contributed by atoms with E-state index in [4.69, 9.17) is 23.8 Å². The van der Waals surface area contributed by atoms with Crippen molar-refractivity contribution in [2.24, 2.45) is 0 Å². The molecule has 3 fully saturated rings. The van der Waals surface area contributed by atoms with Gasteiger partial charge in [-0.2, -0.15) is 0 Å². The van der Waals surface area contributed by atoms with Gasteiger partial charge in [0.1, 0.15) is 36.6 Å². The summed E-state index contributed by atoms with van der Waals surface area (Å²) in [6.07, 6.45) is -8.44. The average Bonchev–Trinajstić information content (AvgIpc) is 3.39. The second-order valence-electron chi connectivity index (χ2n) is 11.6. The summed E-state index contributed by atoms with van der Waals surface area (Å²) in [5.41, 5.74) is 0. The maximum atomic E-state index is 13.0. The van der Waals surface area contributed by atoms with E-state index in [1.165, 1.54) is 0 Å². The summed E-state index contributed by atoms with van der Waals surface area (Å²) in [6.45, 7) is -0.650. The van der Waals surface area contributed by atoms with Crippen LogP contribution in [0.4, 0.5) is 0 Å². The number of aliphatic hydroxyl groups excluding tert-OH is 5. The van der Waals surface area contributed by atoms with Crippen molar-refractivity contribution in [2.45, 2.75) is 107 Å². The van der Waals surface area contributed by atoms with Crippen molar-refractivity contribution in [2.75, 3.05) is 39.5 Å². The number of ether oxygens (including phenoxy) is 4. The van der Waals surface area contributed by atoms with E-state index < -0.39 is 97.7 Å². The van der Waals surface area contributed by atoms with E-state index in [1.807, 2.05) is 0 Å². The molecule has 0 aromatic carbocycles. The number of rotatable bonds is 19. The standard InChI is InChI=1S/C29H46N4O16/c34-15-18-24(41)25(42)26(43)29(48-18)47-13-10-31-27(44)16(14-20(37)30-9-12-46-28-17(35)4-3-11-45-28)32-19(36)5-1-2-6-23(40)49-33-21(38)7-8-22(33)39/h16-18,24-26,28-29,34-35,41-43H,1-15H2,(H,30,37)(H,31,44)(H,32,36)/t16?,17?,18?,24-,25?,26?,28?,29+/m1/s1. The van der Waals surface area contributed by atoms with Crippen molar-refractivity contribution >= 4 is 35.5 Å². The van der Waals surface area contributed by atoms with E-state index in [0.717, 1.165) is 0 Å². The summed E-state index contributed by atoms with van der Waals surface area (Å²) in [6, 6.07) is -1.35. The molecule has 0 radical (unpaired) electrons. The lowest BCUT2D eigenvalue weighted by molar-refractivity contribution is -0.300. The number of imide groups is 1. The SMILES string of the molecule is O=C(CC(NC(=O)CCCCC(=O)ON1C(=O)CCC1=O)C(=O)NCCO[C@H]1OC(CO)[C@@H](O)C(O)C1O)NCCOC1OCCCC1O. The first-order valence-electron chi connectivity index (χ1n) is 16.1. The zero-order valence-electron chi connectivity index (χ0n) is 26.9. The van der Waals surface area contributed by atoms with Gasteiger partial charge in [-0.25, -0.2) is 4.79 Å². The maximum Gasteiger partial charge on any atom is 0.333 e. The van der Waals surface area contributed by atoms with Gasteiger partial charge in [0.15, 0.2) is 12.6 Å². The lowest BCUT2D eigenvalue weighted by Crippen LogP contribution is -2.59. The highest BCUT2D eigenvalue weighted by Crippen LogP contribution is 2.22. The average molecular weight is 707 g/mol. The van der Waals surface area contributed by atoms with Gasteiger partial charge in [0.25, 0.3) is 11.8 Å². The van der Waals surface area contributed by atoms with Crippen LogP contribution in [-0.4, -0.2) is 155 Å². The van der Waals surface area contributed by atoms with Crippen LogP contribution >= 0.6 is 0 Å². The normalized spacial score (nSPS) is 27.8. The second kappa shape index (κ2) is 20.4. The quantitative estimate of drug-likeness (QED) is 0.0465. The topological polar surface area (TPSA) is 289 Å². The van der Waals surface area contributed by atoms with E-state index in [1.54, 1.807) is 0 Å². The van der Waals surface area contributed by atoms with Crippen molar-refractivity contribution in [3.05, 3.63) is 0 Å². The Morgan fingerprint density at radius 3 is 2.18 bits per heavy atom. The summed E-state index contributed by atoms with van der Waals surface area (Å²) in [5, 5.41) is 57.0. The van der Waals surface area contributed by atoms with E-state index in [0.29, 0.717) is 24.5 Å². The predicted octanol–water partition coefficient (Wildman–Crippen LogP) is -4.41. The molecule has 3 aliphatic heterocycles. The molecule has 0 aromatic rings. The first kappa shape index (κ1) is 40.1. The van der Waals surface area contributed by atoms with E-state index in [9.17, 15) is 54.3 Å². The monoisotopic (exact) mass is 706 g/mol. The lowest BCUT2D eigenvalue weighted by Gasteiger charge is -2.39. The number of hydroxylamine groups is 2. The number of nitrogens with zero attached hydrogens (tertiary/aromatic N) is 1. The van der Waals surface area contributed by atoms with Crippen LogP contribution < -0.4 is 16.0 Å². The van der Waals surface area contributed by atoms with Gasteiger partial charge in [-0.1, -0.05) is 0 Å². The number of amides is 5. The number of nitrogens with one attached hydrogen (secondary N) is 3. The van der Waals surface area contributed by atoms with Gasteiger partial charge < -0.3 is 65.3 Å². The minimum absolute atomic E-state index is 0.00843. The molecule has 49 heavy (non-hydrogen) atoms. The Hall–Kier alpha value is -3.34. The van der Waals surface area contributed by atoms with Crippen molar-refractivity contribution in [1.29, 1.82) is 0 Å². The number of aliphatic hydroxyl groups is 5. The molecule has 20 nitrogen and oxygen atoms in total. The molecule has 6 unspecified atom stereocenters. The third kappa shape index (κ3) is 12.8. The molecule has 5 amide bonds. The van der Waals surface area contributed by atoms with Gasteiger partial charge in [-0.05, 0) is 25.7 Å². The summed E-state index contributed by atoms with van der Waals surface area (Å²) >= 11 is 0. The number of hydrogen-bond donors (Lipinski definition) is 8. The highest BCUT2D eigenvalue weighted by molar-refractivity contribution is 6.01. The van der Waals surface area contributed by atoms with Crippen LogP contribution in [0.15, 0.2) is 0 Å². The molecule has 20 heteroatoms. The van der Waals surface area contributed by atoms with E-state index in [-0.39, 0.29) is 64.8 Å². The first-order valence-corrected chi connectivity index (χ1v) is 16.1. The third-order valence-electron chi connectivity index (χ3n) is 7.75. The minimum Gasteiger partial charge on any atom is -0.394 e. The van der Waals surface area contributed by atoms with Crippen LogP contribution in [0.5, 0.6) is 0 Å². The summed E-state index contributed by atoms with van der Waals surface area (Å²) in [5.74, 6) is -4.04. The number of hydrogen-bond acceptors (Lipinski definition) is 16. The molecular weight excluding hydrogens is 660 g/mol. The molecule has 3 heterocycles. The van der Waals surface area contributed by atoms with Crippen molar-refractivity contribution in [3.8, 4) is 0 Å². The Morgan fingerprint density at radius 1 is 0.857 bits per heavy atom. The Labute approximate surface area is 281 Å². The van der Waals surface area contributed by atoms with E-state index >= 15 is 0 Å². The zero-order chi connectivity index (χ0) is 35.9. The van der Waals surface area contributed by atoms with Gasteiger partial charge >= 0.3 is 5.97 Å². The van der Waals surface area contributed by atoms with Crippen LogP contribution in [-0.2, 0) is 52.6 Å². The molecule has 0 saturated carbocycles. The molecule has 8 N–H and O–H groups in total. The van der Waals surface area contributed by atoms with Crippen LogP contribution in [0, 0.1) is 0 Å². The van der Waals surface area contributed by atoms with Gasteiger partial charge in [0.05, 0.1) is 26.2 Å². The molecular formula is C29H46N4O16. The maximum absolute atomic E-state index is 13.0. The van der Waals surface area contributed by atoms with Gasteiger partial charge in [-0.3, -0.25) is 24.0 Å². The van der Waals surface area contributed by atoms with Crippen molar-refractivity contribution < 1.29 is 78.1 Å². The van der Waals surface area contributed by atoms with Crippen molar-refractivity contribution in [1.82, 2.24) is 21.0 Å². The minimum atomic E-state index is -1.65. The number of carbonyl (C=O) groups excluding carboxylic acids is 6.